The average Bonchev–Trinajstić information content (AvgIpc) is 3.17. The fourth-order valence-corrected chi connectivity index (χ4v) is 4.25. The molecule has 1 N–H and O–H groups in total. The Morgan fingerprint density at radius 3 is 2.70 bits per heavy atom. The van der Waals surface area contributed by atoms with Gasteiger partial charge in [0.25, 0.3) is 0 Å². The van der Waals surface area contributed by atoms with Crippen LogP contribution in [0.5, 0.6) is 0 Å². The molecule has 2 atom stereocenters. The van der Waals surface area contributed by atoms with Crippen molar-refractivity contribution in [1.82, 2.24) is 5.32 Å². The first-order valence-corrected chi connectivity index (χ1v) is 8.67. The average molecular weight is 307 g/mol. The van der Waals surface area contributed by atoms with Crippen molar-refractivity contribution in [2.45, 2.75) is 54.7 Å². The van der Waals surface area contributed by atoms with Gasteiger partial charge in [-0.05, 0) is 49.8 Å². The van der Waals surface area contributed by atoms with Crippen LogP contribution in [0.1, 0.15) is 37.7 Å². The van der Waals surface area contributed by atoms with Crippen LogP contribution in [0, 0.1) is 11.3 Å². The smallest absolute Gasteiger partial charge is 0.108 e. The van der Waals surface area contributed by atoms with E-state index in [2.05, 4.69) is 23.5 Å². The van der Waals surface area contributed by atoms with E-state index in [-0.39, 0.29) is 5.54 Å². The Balaban J connectivity index is 1.52. The molecule has 2 fully saturated rings. The van der Waals surface area contributed by atoms with Crippen LogP contribution in [0.15, 0.2) is 24.3 Å². The number of nitrogens with one attached hydrogen (secondary N) is 1. The lowest BCUT2D eigenvalue weighted by atomic mass is 10.00. The number of halogens is 1. The molecule has 0 bridgehead atoms. The summed E-state index contributed by atoms with van der Waals surface area (Å²) in [7, 11) is 0. The first kappa shape index (κ1) is 14.3. The number of thioether (sulfide) groups is 1. The molecular weight excluding hydrogens is 288 g/mol. The molecule has 0 spiro atoms. The van der Waals surface area contributed by atoms with E-state index >= 15 is 0 Å². The zero-order chi connectivity index (χ0) is 14.0. The number of nitriles is 1. The molecule has 0 saturated heterocycles. The Hall–Kier alpha value is -0.690. The van der Waals surface area contributed by atoms with Gasteiger partial charge < -0.3 is 0 Å². The second-order valence-corrected chi connectivity index (χ2v) is 7.64. The van der Waals surface area contributed by atoms with E-state index in [4.69, 9.17) is 11.6 Å². The number of hydrogen-bond acceptors (Lipinski definition) is 3. The molecule has 2 aliphatic carbocycles. The molecule has 2 unspecified atom stereocenters. The van der Waals surface area contributed by atoms with Crippen LogP contribution in [0.3, 0.4) is 0 Å². The second-order valence-electron chi connectivity index (χ2n) is 5.91. The van der Waals surface area contributed by atoms with Gasteiger partial charge in [0, 0.05) is 22.1 Å². The van der Waals surface area contributed by atoms with Crippen molar-refractivity contribution in [3.05, 3.63) is 34.9 Å². The largest absolute Gasteiger partial charge is 0.297 e. The van der Waals surface area contributed by atoms with Crippen LogP contribution < -0.4 is 5.32 Å². The Morgan fingerprint density at radius 1 is 1.30 bits per heavy atom. The summed E-state index contributed by atoms with van der Waals surface area (Å²) in [6.45, 7) is 0. The summed E-state index contributed by atoms with van der Waals surface area (Å²) in [5.74, 6) is 1.01. The molecule has 0 radical (unpaired) electrons. The first-order chi connectivity index (χ1) is 9.69. The maximum Gasteiger partial charge on any atom is 0.108 e. The van der Waals surface area contributed by atoms with Gasteiger partial charge in [0.15, 0.2) is 0 Å². The van der Waals surface area contributed by atoms with Gasteiger partial charge >= 0.3 is 0 Å². The van der Waals surface area contributed by atoms with Crippen LogP contribution in [0.2, 0.25) is 5.02 Å². The summed E-state index contributed by atoms with van der Waals surface area (Å²) in [5.41, 5.74) is 1.06. The van der Waals surface area contributed by atoms with E-state index in [1.165, 1.54) is 18.4 Å². The van der Waals surface area contributed by atoms with E-state index in [0.717, 1.165) is 30.0 Å². The topological polar surface area (TPSA) is 35.8 Å². The lowest BCUT2D eigenvalue weighted by molar-refractivity contribution is 0.420. The summed E-state index contributed by atoms with van der Waals surface area (Å²) in [6.07, 6.45) is 5.61. The predicted molar refractivity (Wildman–Crippen MR) is 84.9 cm³/mol. The molecule has 0 aromatic heterocycles. The third-order valence-electron chi connectivity index (χ3n) is 4.14. The van der Waals surface area contributed by atoms with Crippen molar-refractivity contribution in [2.75, 3.05) is 0 Å². The van der Waals surface area contributed by atoms with Crippen LogP contribution in [0.4, 0.5) is 0 Å². The maximum absolute atomic E-state index is 9.49. The molecule has 0 heterocycles. The molecule has 2 aliphatic rings. The highest BCUT2D eigenvalue weighted by Gasteiger charge is 2.42. The van der Waals surface area contributed by atoms with E-state index in [9.17, 15) is 5.26 Å². The third-order valence-corrected chi connectivity index (χ3v) is 5.77. The Kier molecular flexibility index (Phi) is 4.26. The van der Waals surface area contributed by atoms with Crippen molar-refractivity contribution in [3.8, 4) is 6.07 Å². The minimum absolute atomic E-state index is 0.251. The van der Waals surface area contributed by atoms with Crippen LogP contribution in [-0.4, -0.2) is 16.8 Å². The number of rotatable bonds is 5. The second kappa shape index (κ2) is 5.97. The van der Waals surface area contributed by atoms with Crippen LogP contribution >= 0.6 is 23.4 Å². The van der Waals surface area contributed by atoms with Gasteiger partial charge in [-0.2, -0.15) is 17.0 Å². The summed E-state index contributed by atoms with van der Waals surface area (Å²) < 4.78 is 0. The fourth-order valence-electron chi connectivity index (χ4n) is 2.82. The SMILES string of the molecule is N#CC1(NC2CC2)CCC(SCc2ccc(Cl)cc2)C1. The lowest BCUT2D eigenvalue weighted by Crippen LogP contribution is -2.43. The summed E-state index contributed by atoms with van der Waals surface area (Å²) in [6, 6.07) is 11.2. The minimum atomic E-state index is -0.251. The number of nitrogens with zero attached hydrogens (tertiary/aromatic N) is 1. The molecule has 2 nitrogen and oxygen atoms in total. The minimum Gasteiger partial charge on any atom is -0.297 e. The molecule has 20 heavy (non-hydrogen) atoms. The summed E-state index contributed by atoms with van der Waals surface area (Å²) in [5, 5.41) is 14.4. The van der Waals surface area contributed by atoms with E-state index in [1.807, 2.05) is 23.9 Å². The molecular formula is C16H19ClN2S. The fraction of sp³-hybridized carbons (Fsp3) is 0.562. The highest BCUT2D eigenvalue weighted by Crippen LogP contribution is 2.40. The molecule has 1 aromatic rings. The zero-order valence-corrected chi connectivity index (χ0v) is 13.0. The Morgan fingerprint density at radius 2 is 2.05 bits per heavy atom. The molecule has 1 aromatic carbocycles. The van der Waals surface area contributed by atoms with Crippen LogP contribution in [0.25, 0.3) is 0 Å². The van der Waals surface area contributed by atoms with E-state index in [1.54, 1.807) is 0 Å². The third kappa shape index (κ3) is 3.49. The highest BCUT2D eigenvalue weighted by atomic mass is 35.5. The first-order valence-electron chi connectivity index (χ1n) is 7.24. The van der Waals surface area contributed by atoms with Gasteiger partial charge in [0.1, 0.15) is 5.54 Å². The Bertz CT molecular complexity index is 506. The van der Waals surface area contributed by atoms with Crippen molar-refractivity contribution in [1.29, 1.82) is 5.26 Å². The standard InChI is InChI=1S/C16H19ClN2S/c17-13-3-1-12(2-4-13)10-20-15-7-8-16(9-15,11-18)19-14-5-6-14/h1-4,14-15,19H,5-10H2. The van der Waals surface area contributed by atoms with Gasteiger partial charge in [-0.1, -0.05) is 23.7 Å². The molecule has 4 heteroatoms. The van der Waals surface area contributed by atoms with Crippen molar-refractivity contribution in [3.63, 3.8) is 0 Å². The summed E-state index contributed by atoms with van der Waals surface area (Å²) in [4.78, 5) is 0. The molecule has 2 saturated carbocycles. The van der Waals surface area contributed by atoms with Crippen molar-refractivity contribution >= 4 is 23.4 Å². The van der Waals surface area contributed by atoms with Gasteiger partial charge in [0.2, 0.25) is 0 Å². The quantitative estimate of drug-likeness (QED) is 0.888. The van der Waals surface area contributed by atoms with Crippen molar-refractivity contribution in [2.24, 2.45) is 0 Å². The maximum atomic E-state index is 9.49. The van der Waals surface area contributed by atoms with Gasteiger partial charge in [-0.15, -0.1) is 0 Å². The van der Waals surface area contributed by atoms with Gasteiger partial charge in [-0.3, -0.25) is 5.32 Å². The Labute approximate surface area is 129 Å². The zero-order valence-electron chi connectivity index (χ0n) is 11.4. The van der Waals surface area contributed by atoms with Crippen LogP contribution in [-0.2, 0) is 5.75 Å². The van der Waals surface area contributed by atoms with E-state index in [0.29, 0.717) is 11.3 Å². The molecule has 3 rings (SSSR count). The van der Waals surface area contributed by atoms with E-state index < -0.39 is 0 Å². The van der Waals surface area contributed by atoms with Gasteiger partial charge in [-0.25, -0.2) is 0 Å². The summed E-state index contributed by atoms with van der Waals surface area (Å²) >= 11 is 7.87. The van der Waals surface area contributed by atoms with Gasteiger partial charge in [0.05, 0.1) is 6.07 Å². The lowest BCUT2D eigenvalue weighted by Gasteiger charge is -2.22. The monoisotopic (exact) mass is 306 g/mol. The highest BCUT2D eigenvalue weighted by molar-refractivity contribution is 7.99. The number of benzene rings is 1. The normalized spacial score (nSPS) is 29.3. The molecule has 106 valence electrons. The number of hydrogen-bond donors (Lipinski definition) is 1. The molecule has 0 aliphatic heterocycles. The van der Waals surface area contributed by atoms with Crippen molar-refractivity contribution < 1.29 is 0 Å². The predicted octanol–water partition coefficient (Wildman–Crippen LogP) is 4.14. The molecule has 0 amide bonds.